The molecule has 1 saturated heterocycles. The van der Waals surface area contributed by atoms with Gasteiger partial charge < -0.3 is 14.8 Å². The highest BCUT2D eigenvalue weighted by molar-refractivity contribution is 5.76. The van der Waals surface area contributed by atoms with E-state index in [4.69, 9.17) is 9.47 Å². The van der Waals surface area contributed by atoms with E-state index >= 15 is 0 Å². The summed E-state index contributed by atoms with van der Waals surface area (Å²) in [5, 5.41) is 3.21. The molecule has 142 valence electrons. The molecule has 0 saturated carbocycles. The van der Waals surface area contributed by atoms with E-state index in [2.05, 4.69) is 21.3 Å². The fourth-order valence-electron chi connectivity index (χ4n) is 3.72. The Balaban J connectivity index is 1.24. The number of carbonyl (C=O) groups excluding carboxylic acids is 1. The van der Waals surface area contributed by atoms with Crippen LogP contribution in [-0.4, -0.2) is 41.7 Å². The normalized spacial score (nSPS) is 19.0. The first-order valence-electron chi connectivity index (χ1n) is 9.55. The molecule has 2 aromatic rings. The van der Waals surface area contributed by atoms with Crippen LogP contribution in [0.5, 0.6) is 11.5 Å². The Morgan fingerprint density at radius 1 is 1.22 bits per heavy atom. The van der Waals surface area contributed by atoms with Gasteiger partial charge in [-0.15, -0.1) is 0 Å². The van der Waals surface area contributed by atoms with E-state index in [0.29, 0.717) is 12.8 Å². The third-order valence-electron chi connectivity index (χ3n) is 5.08. The van der Waals surface area contributed by atoms with Gasteiger partial charge in [0.1, 0.15) is 0 Å². The number of hydrogen-bond acceptors (Lipinski definition) is 5. The summed E-state index contributed by atoms with van der Waals surface area (Å²) >= 11 is 0. The summed E-state index contributed by atoms with van der Waals surface area (Å²) in [5.41, 5.74) is 2.31. The van der Waals surface area contributed by atoms with Gasteiger partial charge in [0.15, 0.2) is 11.5 Å². The number of benzene rings is 1. The van der Waals surface area contributed by atoms with Crippen molar-refractivity contribution in [1.29, 1.82) is 0 Å². The summed E-state index contributed by atoms with van der Waals surface area (Å²) in [5.74, 6) is 1.66. The van der Waals surface area contributed by atoms with Crippen molar-refractivity contribution >= 4 is 5.91 Å². The topological polar surface area (TPSA) is 63.7 Å². The van der Waals surface area contributed by atoms with E-state index in [1.54, 1.807) is 6.20 Å². The smallest absolute Gasteiger partial charge is 0.231 e. The quantitative estimate of drug-likeness (QED) is 0.850. The first-order chi connectivity index (χ1) is 13.3. The van der Waals surface area contributed by atoms with Gasteiger partial charge in [-0.1, -0.05) is 12.1 Å². The molecule has 2 aliphatic heterocycles. The van der Waals surface area contributed by atoms with Crippen molar-refractivity contribution in [3.05, 3.63) is 53.9 Å². The molecule has 1 amide bonds. The third kappa shape index (κ3) is 4.77. The van der Waals surface area contributed by atoms with Crippen LogP contribution in [0.3, 0.4) is 0 Å². The second-order valence-electron chi connectivity index (χ2n) is 7.19. The molecule has 4 rings (SSSR count). The number of hydrogen-bond donors (Lipinski definition) is 1. The molecule has 0 radical (unpaired) electrons. The lowest BCUT2D eigenvalue weighted by molar-refractivity contribution is -0.122. The van der Waals surface area contributed by atoms with Crippen LogP contribution < -0.4 is 14.8 Å². The van der Waals surface area contributed by atoms with E-state index in [-0.39, 0.29) is 18.7 Å². The van der Waals surface area contributed by atoms with Gasteiger partial charge in [-0.2, -0.15) is 0 Å². The number of piperidine rings is 1. The zero-order valence-corrected chi connectivity index (χ0v) is 15.4. The molecule has 0 spiro atoms. The summed E-state index contributed by atoms with van der Waals surface area (Å²) < 4.78 is 10.7. The number of aryl methyl sites for hydroxylation is 1. The molecule has 3 heterocycles. The predicted octanol–water partition coefficient (Wildman–Crippen LogP) is 2.52. The zero-order valence-electron chi connectivity index (χ0n) is 15.4. The number of fused-ring (bicyclic) bond motifs is 1. The average molecular weight is 367 g/mol. The monoisotopic (exact) mass is 367 g/mol. The van der Waals surface area contributed by atoms with E-state index in [9.17, 15) is 4.79 Å². The third-order valence-corrected chi connectivity index (χ3v) is 5.08. The highest BCUT2D eigenvalue weighted by atomic mass is 16.7. The van der Waals surface area contributed by atoms with Crippen molar-refractivity contribution in [1.82, 2.24) is 15.2 Å². The summed E-state index contributed by atoms with van der Waals surface area (Å²) in [6.07, 6.45) is 7.04. The van der Waals surface area contributed by atoms with Crippen molar-refractivity contribution in [3.8, 4) is 11.5 Å². The number of nitrogens with one attached hydrogen (secondary N) is 1. The SMILES string of the molecule is O=C(CCc1ccc2c(c1)OCO2)N[C@H]1CCCN(Cc2cccnc2)C1. The number of carbonyl (C=O) groups is 1. The van der Waals surface area contributed by atoms with Gasteiger partial charge in [0.2, 0.25) is 12.7 Å². The van der Waals surface area contributed by atoms with Crippen molar-refractivity contribution in [2.24, 2.45) is 0 Å². The van der Waals surface area contributed by atoms with Crippen molar-refractivity contribution in [3.63, 3.8) is 0 Å². The van der Waals surface area contributed by atoms with Gasteiger partial charge in [0.25, 0.3) is 0 Å². The largest absolute Gasteiger partial charge is 0.454 e. The minimum Gasteiger partial charge on any atom is -0.454 e. The molecule has 1 aromatic carbocycles. The van der Waals surface area contributed by atoms with Gasteiger partial charge in [-0.05, 0) is 55.1 Å². The van der Waals surface area contributed by atoms with Crippen LogP contribution in [0.1, 0.15) is 30.4 Å². The standard InChI is InChI=1S/C21H25N3O3/c25-21(8-6-16-5-7-19-20(11-16)27-15-26-19)23-18-4-2-10-24(14-18)13-17-3-1-9-22-12-17/h1,3,5,7,9,11-12,18H,2,4,6,8,10,13-15H2,(H,23,25)/t18-/m0/s1. The summed E-state index contributed by atoms with van der Waals surface area (Å²) in [7, 11) is 0. The maximum atomic E-state index is 12.4. The molecule has 1 aromatic heterocycles. The number of ether oxygens (including phenoxy) is 2. The summed E-state index contributed by atoms with van der Waals surface area (Å²) in [4.78, 5) is 19.0. The number of rotatable bonds is 6. The average Bonchev–Trinajstić information content (AvgIpc) is 3.15. The minimum absolute atomic E-state index is 0.112. The highest BCUT2D eigenvalue weighted by Gasteiger charge is 2.21. The predicted molar refractivity (Wildman–Crippen MR) is 102 cm³/mol. The lowest BCUT2D eigenvalue weighted by Gasteiger charge is -2.33. The molecule has 1 N–H and O–H groups in total. The van der Waals surface area contributed by atoms with Crippen LogP contribution >= 0.6 is 0 Å². The van der Waals surface area contributed by atoms with E-state index < -0.39 is 0 Å². The second-order valence-corrected chi connectivity index (χ2v) is 7.19. The van der Waals surface area contributed by atoms with Crippen LogP contribution in [0, 0.1) is 0 Å². The van der Waals surface area contributed by atoms with Crippen LogP contribution in [0.2, 0.25) is 0 Å². The van der Waals surface area contributed by atoms with Gasteiger partial charge in [-0.25, -0.2) is 0 Å². The fourth-order valence-corrected chi connectivity index (χ4v) is 3.72. The lowest BCUT2D eigenvalue weighted by Crippen LogP contribution is -2.47. The van der Waals surface area contributed by atoms with Crippen LogP contribution in [0.15, 0.2) is 42.7 Å². The summed E-state index contributed by atoms with van der Waals surface area (Å²) in [6.45, 7) is 3.12. The number of pyridine rings is 1. The molecule has 0 aliphatic carbocycles. The van der Waals surface area contributed by atoms with Gasteiger partial charge in [0, 0.05) is 37.9 Å². The Morgan fingerprint density at radius 2 is 2.15 bits per heavy atom. The van der Waals surface area contributed by atoms with Crippen molar-refractivity contribution in [2.75, 3.05) is 19.9 Å². The van der Waals surface area contributed by atoms with Crippen LogP contribution in [-0.2, 0) is 17.8 Å². The fraction of sp³-hybridized carbons (Fsp3) is 0.429. The Bertz CT molecular complexity index is 781. The van der Waals surface area contributed by atoms with Gasteiger partial charge >= 0.3 is 0 Å². The molecule has 2 aliphatic rings. The molecule has 0 bridgehead atoms. The highest BCUT2D eigenvalue weighted by Crippen LogP contribution is 2.32. The number of amides is 1. The maximum absolute atomic E-state index is 12.4. The molecule has 27 heavy (non-hydrogen) atoms. The van der Waals surface area contributed by atoms with Crippen molar-refractivity contribution < 1.29 is 14.3 Å². The van der Waals surface area contributed by atoms with E-state index in [1.165, 1.54) is 5.56 Å². The van der Waals surface area contributed by atoms with E-state index in [0.717, 1.165) is 49.5 Å². The zero-order chi connectivity index (χ0) is 18.5. The first kappa shape index (κ1) is 17.8. The number of aromatic nitrogens is 1. The maximum Gasteiger partial charge on any atom is 0.231 e. The molecule has 6 nitrogen and oxygen atoms in total. The Morgan fingerprint density at radius 3 is 3.04 bits per heavy atom. The Labute approximate surface area is 159 Å². The Hall–Kier alpha value is -2.60. The van der Waals surface area contributed by atoms with Gasteiger partial charge in [-0.3, -0.25) is 14.7 Å². The molecule has 0 unspecified atom stereocenters. The van der Waals surface area contributed by atoms with Crippen molar-refractivity contribution in [2.45, 2.75) is 38.3 Å². The van der Waals surface area contributed by atoms with Crippen LogP contribution in [0.4, 0.5) is 0 Å². The second kappa shape index (κ2) is 8.39. The molecule has 1 atom stereocenters. The Kier molecular flexibility index (Phi) is 5.53. The molecular formula is C21H25N3O3. The number of nitrogens with zero attached hydrogens (tertiary/aromatic N) is 2. The van der Waals surface area contributed by atoms with Crippen LogP contribution in [0.25, 0.3) is 0 Å². The molecule has 6 heteroatoms. The minimum atomic E-state index is 0.112. The first-order valence-corrected chi connectivity index (χ1v) is 9.55. The summed E-state index contributed by atoms with van der Waals surface area (Å²) in [6, 6.07) is 10.2. The van der Waals surface area contributed by atoms with E-state index in [1.807, 2.05) is 30.5 Å². The lowest BCUT2D eigenvalue weighted by atomic mass is 10.0. The molecular weight excluding hydrogens is 342 g/mol. The number of likely N-dealkylation sites (tertiary alicyclic amines) is 1. The van der Waals surface area contributed by atoms with Gasteiger partial charge in [0.05, 0.1) is 0 Å². The molecule has 1 fully saturated rings.